The number of halogens is 1. The van der Waals surface area contributed by atoms with E-state index >= 15 is 0 Å². The molecule has 1 aromatic carbocycles. The summed E-state index contributed by atoms with van der Waals surface area (Å²) in [5.74, 6) is 0.608. The Labute approximate surface area is 165 Å². The van der Waals surface area contributed by atoms with Gasteiger partial charge in [0, 0.05) is 16.6 Å². The third kappa shape index (κ3) is 4.81. The molecule has 0 spiro atoms. The van der Waals surface area contributed by atoms with Crippen molar-refractivity contribution in [1.29, 1.82) is 0 Å². The molecular formula is C18H20BrN5O3. The average Bonchev–Trinajstić information content (AvgIpc) is 3.20. The Morgan fingerprint density at radius 2 is 2.04 bits per heavy atom. The number of rotatable bonds is 7. The van der Waals surface area contributed by atoms with Gasteiger partial charge in [-0.15, -0.1) is 0 Å². The van der Waals surface area contributed by atoms with E-state index in [1.165, 1.54) is 11.1 Å². The van der Waals surface area contributed by atoms with Gasteiger partial charge in [-0.1, -0.05) is 28.1 Å². The second kappa shape index (κ2) is 8.45. The maximum atomic E-state index is 12.3. The predicted octanol–water partition coefficient (Wildman–Crippen LogP) is 2.65. The van der Waals surface area contributed by atoms with E-state index in [1.807, 2.05) is 43.3 Å². The van der Waals surface area contributed by atoms with Gasteiger partial charge < -0.3 is 9.32 Å². The lowest BCUT2D eigenvalue weighted by molar-refractivity contribution is -0.125. The quantitative estimate of drug-likeness (QED) is 0.495. The number of amides is 3. The summed E-state index contributed by atoms with van der Waals surface area (Å²) in [6.07, 6.45) is 3.66. The molecule has 3 rings (SSSR count). The molecule has 0 N–H and O–H groups in total. The lowest BCUT2D eigenvalue weighted by Gasteiger charge is -2.15. The first-order valence-electron chi connectivity index (χ1n) is 8.46. The summed E-state index contributed by atoms with van der Waals surface area (Å²) in [7, 11) is 3.90. The Kier molecular flexibility index (Phi) is 6.02. The molecule has 0 atom stereocenters. The van der Waals surface area contributed by atoms with Crippen molar-refractivity contribution in [3.8, 4) is 11.3 Å². The molecule has 1 saturated heterocycles. The maximum absolute atomic E-state index is 12.3. The molecule has 0 aliphatic carbocycles. The Balaban J connectivity index is 1.62. The second-order valence-corrected chi connectivity index (χ2v) is 7.27. The van der Waals surface area contributed by atoms with Gasteiger partial charge in [0.15, 0.2) is 5.76 Å². The molecule has 0 saturated carbocycles. The second-order valence-electron chi connectivity index (χ2n) is 6.36. The van der Waals surface area contributed by atoms with Crippen molar-refractivity contribution >= 4 is 34.1 Å². The monoisotopic (exact) mass is 433 g/mol. The van der Waals surface area contributed by atoms with Crippen molar-refractivity contribution in [3.63, 3.8) is 0 Å². The van der Waals surface area contributed by atoms with Crippen LogP contribution in [0.2, 0.25) is 0 Å². The minimum Gasteiger partial charge on any atom is -0.435 e. The molecule has 1 aliphatic rings. The molecule has 2 aromatic rings. The average molecular weight is 434 g/mol. The molecule has 1 aliphatic heterocycles. The normalized spacial score (nSPS) is 15.0. The number of carbonyl (C=O) groups is 2. The minimum atomic E-state index is -0.422. The van der Waals surface area contributed by atoms with Gasteiger partial charge in [-0.3, -0.25) is 9.69 Å². The van der Waals surface area contributed by atoms with E-state index < -0.39 is 6.03 Å². The molecule has 0 radical (unpaired) electrons. The van der Waals surface area contributed by atoms with E-state index in [0.717, 1.165) is 28.0 Å². The van der Waals surface area contributed by atoms with Gasteiger partial charge in [-0.2, -0.15) is 5.10 Å². The third-order valence-corrected chi connectivity index (χ3v) is 4.51. The minimum absolute atomic E-state index is 0.0718. The highest BCUT2D eigenvalue weighted by Gasteiger charge is 2.35. The lowest BCUT2D eigenvalue weighted by atomic mass is 10.2. The number of oxazole rings is 1. The first kappa shape index (κ1) is 19.2. The number of benzene rings is 1. The molecular weight excluding hydrogens is 414 g/mol. The van der Waals surface area contributed by atoms with E-state index in [4.69, 9.17) is 4.42 Å². The van der Waals surface area contributed by atoms with Gasteiger partial charge in [-0.25, -0.2) is 14.8 Å². The smallest absolute Gasteiger partial charge is 0.347 e. The van der Waals surface area contributed by atoms with Crippen molar-refractivity contribution in [2.24, 2.45) is 5.10 Å². The Bertz CT molecular complexity index is 847. The van der Waals surface area contributed by atoms with Crippen LogP contribution in [0.5, 0.6) is 0 Å². The van der Waals surface area contributed by atoms with Gasteiger partial charge in [0.05, 0.1) is 6.20 Å². The van der Waals surface area contributed by atoms with Crippen LogP contribution in [0, 0.1) is 0 Å². The number of hydrogen-bond acceptors (Lipinski definition) is 6. The number of aromatic nitrogens is 1. The van der Waals surface area contributed by atoms with Gasteiger partial charge in [-0.05, 0) is 39.2 Å². The SMILES string of the molecule is CN(C)CCCN1C(=O)CN(N=Cc2ncc(-c3ccc(Br)cc3)o2)C1=O. The van der Waals surface area contributed by atoms with Crippen LogP contribution in [0.25, 0.3) is 11.3 Å². The largest absolute Gasteiger partial charge is 0.435 e. The highest BCUT2D eigenvalue weighted by molar-refractivity contribution is 9.10. The van der Waals surface area contributed by atoms with E-state index in [-0.39, 0.29) is 18.3 Å². The molecule has 0 unspecified atom stereocenters. The fraction of sp³-hybridized carbons (Fsp3) is 0.333. The van der Waals surface area contributed by atoms with Crippen molar-refractivity contribution in [2.45, 2.75) is 6.42 Å². The number of hydrazone groups is 1. The topological polar surface area (TPSA) is 82.2 Å². The molecule has 8 nitrogen and oxygen atoms in total. The zero-order valence-electron chi connectivity index (χ0n) is 15.1. The first-order valence-corrected chi connectivity index (χ1v) is 9.25. The van der Waals surface area contributed by atoms with Crippen molar-refractivity contribution < 1.29 is 14.0 Å². The van der Waals surface area contributed by atoms with Crippen LogP contribution in [0.3, 0.4) is 0 Å². The number of imide groups is 1. The van der Waals surface area contributed by atoms with Crippen LogP contribution < -0.4 is 0 Å². The van der Waals surface area contributed by atoms with E-state index in [9.17, 15) is 9.59 Å². The van der Waals surface area contributed by atoms with Gasteiger partial charge in [0.25, 0.3) is 5.91 Å². The van der Waals surface area contributed by atoms with Crippen LogP contribution >= 0.6 is 15.9 Å². The predicted molar refractivity (Wildman–Crippen MR) is 104 cm³/mol. The summed E-state index contributed by atoms with van der Waals surface area (Å²) in [4.78, 5) is 31.7. The molecule has 0 bridgehead atoms. The summed E-state index contributed by atoms with van der Waals surface area (Å²) in [5, 5.41) is 5.19. The highest BCUT2D eigenvalue weighted by atomic mass is 79.9. The van der Waals surface area contributed by atoms with Crippen LogP contribution in [0.1, 0.15) is 12.3 Å². The van der Waals surface area contributed by atoms with Crippen LogP contribution in [0.15, 0.2) is 44.5 Å². The molecule has 142 valence electrons. The number of carbonyl (C=O) groups excluding carboxylic acids is 2. The zero-order chi connectivity index (χ0) is 19.4. The Morgan fingerprint density at radius 1 is 1.30 bits per heavy atom. The number of hydrogen-bond donors (Lipinski definition) is 0. The molecule has 2 heterocycles. The Hall–Kier alpha value is -2.52. The number of urea groups is 1. The van der Waals surface area contributed by atoms with E-state index in [0.29, 0.717) is 12.3 Å². The van der Waals surface area contributed by atoms with Crippen LogP contribution in [-0.4, -0.2) is 71.7 Å². The van der Waals surface area contributed by atoms with Crippen LogP contribution in [0.4, 0.5) is 4.79 Å². The van der Waals surface area contributed by atoms with E-state index in [1.54, 1.807) is 6.20 Å². The molecule has 1 fully saturated rings. The highest BCUT2D eigenvalue weighted by Crippen LogP contribution is 2.22. The summed E-state index contributed by atoms with van der Waals surface area (Å²) in [6, 6.07) is 7.20. The summed E-state index contributed by atoms with van der Waals surface area (Å²) in [5.41, 5.74) is 0.879. The zero-order valence-corrected chi connectivity index (χ0v) is 16.7. The molecule has 9 heteroatoms. The van der Waals surface area contributed by atoms with Crippen molar-refractivity contribution in [3.05, 3.63) is 40.8 Å². The summed E-state index contributed by atoms with van der Waals surface area (Å²) >= 11 is 3.38. The standard InChI is InChI=1S/C18H20BrN5O3/c1-22(2)8-3-9-23-17(25)12-24(18(23)26)21-11-16-20-10-15(27-16)13-4-6-14(19)7-5-13/h4-7,10-11H,3,8-9,12H2,1-2H3. The van der Waals surface area contributed by atoms with Gasteiger partial charge in [0.1, 0.15) is 12.8 Å². The Morgan fingerprint density at radius 3 is 2.74 bits per heavy atom. The maximum Gasteiger partial charge on any atom is 0.347 e. The lowest BCUT2D eigenvalue weighted by Crippen LogP contribution is -2.33. The summed E-state index contributed by atoms with van der Waals surface area (Å²) < 4.78 is 6.60. The number of nitrogens with zero attached hydrogens (tertiary/aromatic N) is 5. The molecule has 3 amide bonds. The summed E-state index contributed by atoms with van der Waals surface area (Å²) in [6.45, 7) is 1.11. The fourth-order valence-corrected chi connectivity index (χ4v) is 2.86. The molecule has 27 heavy (non-hydrogen) atoms. The third-order valence-electron chi connectivity index (χ3n) is 3.98. The molecule has 1 aromatic heterocycles. The van der Waals surface area contributed by atoms with Gasteiger partial charge >= 0.3 is 6.03 Å². The van der Waals surface area contributed by atoms with Crippen molar-refractivity contribution in [1.82, 2.24) is 19.8 Å². The van der Waals surface area contributed by atoms with E-state index in [2.05, 4.69) is 26.0 Å². The van der Waals surface area contributed by atoms with Gasteiger partial charge in [0.2, 0.25) is 5.89 Å². The first-order chi connectivity index (χ1) is 12.9. The van der Waals surface area contributed by atoms with Crippen LogP contribution in [-0.2, 0) is 4.79 Å². The fourth-order valence-electron chi connectivity index (χ4n) is 2.60. The van der Waals surface area contributed by atoms with Crippen molar-refractivity contribution in [2.75, 3.05) is 33.7 Å².